The molecule has 0 saturated carbocycles. The van der Waals surface area contributed by atoms with Gasteiger partial charge in [0, 0.05) is 6.54 Å². The number of rotatable bonds is 11. The van der Waals surface area contributed by atoms with Crippen LogP contribution in [0.1, 0.15) is 12.0 Å². The smallest absolute Gasteiger partial charge is 0.264 e. The van der Waals surface area contributed by atoms with E-state index in [9.17, 15) is 13.2 Å². The summed E-state index contributed by atoms with van der Waals surface area (Å²) in [7, 11) is -0.814. The van der Waals surface area contributed by atoms with Crippen molar-refractivity contribution in [2.24, 2.45) is 0 Å². The van der Waals surface area contributed by atoms with Crippen molar-refractivity contribution in [2.75, 3.05) is 31.6 Å². The number of benzene rings is 3. The zero-order valence-electron chi connectivity index (χ0n) is 18.7. The molecule has 1 N–H and O–H groups in total. The Hall–Kier alpha value is -3.52. The van der Waals surface area contributed by atoms with Gasteiger partial charge in [0.15, 0.2) is 0 Å². The van der Waals surface area contributed by atoms with Crippen molar-refractivity contribution < 1.29 is 22.7 Å². The lowest BCUT2D eigenvalue weighted by Crippen LogP contribution is -2.41. The molecule has 3 aromatic carbocycles. The molecule has 0 bridgehead atoms. The number of aryl methyl sites for hydroxylation is 1. The molecular weight excluding hydrogens is 440 g/mol. The Morgan fingerprint density at radius 2 is 1.42 bits per heavy atom. The molecule has 33 heavy (non-hydrogen) atoms. The van der Waals surface area contributed by atoms with Crippen LogP contribution in [-0.4, -0.2) is 41.6 Å². The van der Waals surface area contributed by atoms with Crippen LogP contribution in [0.5, 0.6) is 11.5 Å². The van der Waals surface area contributed by atoms with E-state index in [1.807, 2.05) is 24.3 Å². The van der Waals surface area contributed by atoms with Crippen LogP contribution in [-0.2, 0) is 21.2 Å². The number of methoxy groups -OCH3 is 2. The maximum Gasteiger partial charge on any atom is 0.264 e. The molecule has 0 aliphatic carbocycles. The van der Waals surface area contributed by atoms with E-state index < -0.39 is 10.0 Å². The number of sulfonamides is 1. The van der Waals surface area contributed by atoms with E-state index in [0.29, 0.717) is 18.0 Å². The second-order valence-electron chi connectivity index (χ2n) is 7.32. The number of nitrogens with one attached hydrogen (secondary N) is 1. The molecule has 3 rings (SSSR count). The van der Waals surface area contributed by atoms with Gasteiger partial charge in [0.05, 0.1) is 24.8 Å². The molecule has 3 aromatic rings. The van der Waals surface area contributed by atoms with E-state index in [-0.39, 0.29) is 17.3 Å². The summed E-state index contributed by atoms with van der Waals surface area (Å²) in [5.41, 5.74) is 1.56. The highest BCUT2D eigenvalue weighted by molar-refractivity contribution is 7.92. The fourth-order valence-corrected chi connectivity index (χ4v) is 4.70. The summed E-state index contributed by atoms with van der Waals surface area (Å²) >= 11 is 0. The van der Waals surface area contributed by atoms with Gasteiger partial charge in [-0.1, -0.05) is 30.3 Å². The number of anilines is 1. The third kappa shape index (κ3) is 6.49. The van der Waals surface area contributed by atoms with Gasteiger partial charge in [0.2, 0.25) is 5.91 Å². The quantitative estimate of drug-likeness (QED) is 0.434. The Labute approximate surface area is 195 Å². The molecule has 1 amide bonds. The minimum atomic E-state index is -3.95. The summed E-state index contributed by atoms with van der Waals surface area (Å²) in [6.45, 7) is 0.122. The molecular formula is C25H28N2O5S. The van der Waals surface area contributed by atoms with Crippen LogP contribution in [0, 0.1) is 0 Å². The maximum atomic E-state index is 13.3. The lowest BCUT2D eigenvalue weighted by molar-refractivity contribution is -0.119. The summed E-state index contributed by atoms with van der Waals surface area (Å²) in [4.78, 5) is 12.7. The molecule has 0 fully saturated rings. The van der Waals surface area contributed by atoms with Gasteiger partial charge in [-0.3, -0.25) is 9.10 Å². The summed E-state index contributed by atoms with van der Waals surface area (Å²) in [5, 5.41) is 2.83. The third-order valence-electron chi connectivity index (χ3n) is 5.10. The zero-order valence-corrected chi connectivity index (χ0v) is 19.5. The number of hydrogen-bond acceptors (Lipinski definition) is 5. The molecule has 174 valence electrons. The Kier molecular flexibility index (Phi) is 8.32. The number of nitrogens with zero attached hydrogens (tertiary/aromatic N) is 1. The van der Waals surface area contributed by atoms with Crippen LogP contribution in [0.3, 0.4) is 0 Å². The Morgan fingerprint density at radius 3 is 2.00 bits per heavy atom. The minimum Gasteiger partial charge on any atom is -0.497 e. The lowest BCUT2D eigenvalue weighted by atomic mass is 10.1. The summed E-state index contributed by atoms with van der Waals surface area (Å²) in [5.74, 6) is 0.978. The second-order valence-corrected chi connectivity index (χ2v) is 9.19. The van der Waals surface area contributed by atoms with Crippen LogP contribution in [0.2, 0.25) is 0 Å². The standard InChI is InChI=1S/C25H28N2O5S/c1-31-22-12-10-20(11-13-22)7-6-18-26-25(28)19-27(21-8-4-3-5-9-21)33(29,30)24-16-14-23(32-2)15-17-24/h3-5,8-17H,6-7,18-19H2,1-2H3,(H,26,28). The normalized spacial score (nSPS) is 11.0. The summed E-state index contributed by atoms with van der Waals surface area (Å²) in [6, 6.07) is 22.5. The van der Waals surface area contributed by atoms with E-state index in [2.05, 4.69) is 5.32 Å². The molecule has 0 aromatic heterocycles. The van der Waals surface area contributed by atoms with Crippen LogP contribution >= 0.6 is 0 Å². The molecule has 0 radical (unpaired) electrons. The fraction of sp³-hybridized carbons (Fsp3) is 0.240. The van der Waals surface area contributed by atoms with Gasteiger partial charge in [0.25, 0.3) is 10.0 Å². The SMILES string of the molecule is COc1ccc(CCCNC(=O)CN(c2ccccc2)S(=O)(=O)c2ccc(OC)cc2)cc1. The predicted molar refractivity (Wildman–Crippen MR) is 128 cm³/mol. The van der Waals surface area contributed by atoms with Gasteiger partial charge in [-0.25, -0.2) is 8.42 Å². The van der Waals surface area contributed by atoms with Crippen LogP contribution in [0.25, 0.3) is 0 Å². The van der Waals surface area contributed by atoms with Crippen LogP contribution in [0.4, 0.5) is 5.69 Å². The third-order valence-corrected chi connectivity index (χ3v) is 6.89. The average molecular weight is 469 g/mol. The van der Waals surface area contributed by atoms with E-state index in [4.69, 9.17) is 9.47 Å². The van der Waals surface area contributed by atoms with E-state index >= 15 is 0 Å². The molecule has 0 aliphatic heterocycles. The first-order chi connectivity index (χ1) is 15.9. The number of para-hydroxylation sites is 1. The Balaban J connectivity index is 1.65. The van der Waals surface area contributed by atoms with Crippen molar-refractivity contribution in [3.63, 3.8) is 0 Å². The topological polar surface area (TPSA) is 84.9 Å². The summed E-state index contributed by atoms with van der Waals surface area (Å²) in [6.07, 6.45) is 1.52. The van der Waals surface area contributed by atoms with E-state index in [1.165, 1.54) is 19.2 Å². The van der Waals surface area contributed by atoms with Gasteiger partial charge in [-0.2, -0.15) is 0 Å². The molecule has 0 heterocycles. The Bertz CT molecular complexity index is 1130. The first-order valence-corrected chi connectivity index (χ1v) is 12.0. The first-order valence-electron chi connectivity index (χ1n) is 10.6. The fourth-order valence-electron chi connectivity index (χ4n) is 3.28. The second kappa shape index (κ2) is 11.4. The molecule has 0 aliphatic rings. The molecule has 0 unspecified atom stereocenters. The predicted octanol–water partition coefficient (Wildman–Crippen LogP) is 3.65. The number of carbonyl (C=O) groups excluding carboxylic acids is 1. The zero-order chi connectivity index (χ0) is 23.7. The van der Waals surface area contributed by atoms with Crippen molar-refractivity contribution in [1.29, 1.82) is 0 Å². The highest BCUT2D eigenvalue weighted by Gasteiger charge is 2.27. The van der Waals surface area contributed by atoms with E-state index in [1.54, 1.807) is 49.6 Å². The van der Waals surface area contributed by atoms with Crippen molar-refractivity contribution in [3.8, 4) is 11.5 Å². The monoisotopic (exact) mass is 468 g/mol. The van der Waals surface area contributed by atoms with Crippen LogP contribution < -0.4 is 19.1 Å². The average Bonchev–Trinajstić information content (AvgIpc) is 2.86. The van der Waals surface area contributed by atoms with Crippen LogP contribution in [0.15, 0.2) is 83.8 Å². The number of ether oxygens (including phenoxy) is 2. The van der Waals surface area contributed by atoms with Gasteiger partial charge >= 0.3 is 0 Å². The largest absolute Gasteiger partial charge is 0.497 e. The molecule has 0 saturated heterocycles. The van der Waals surface area contributed by atoms with Crippen molar-refractivity contribution in [2.45, 2.75) is 17.7 Å². The van der Waals surface area contributed by atoms with Crippen molar-refractivity contribution >= 4 is 21.6 Å². The van der Waals surface area contributed by atoms with Gasteiger partial charge < -0.3 is 14.8 Å². The van der Waals surface area contributed by atoms with Crippen molar-refractivity contribution in [3.05, 3.63) is 84.4 Å². The summed E-state index contributed by atoms with van der Waals surface area (Å²) < 4.78 is 38.0. The highest BCUT2D eigenvalue weighted by Crippen LogP contribution is 2.24. The van der Waals surface area contributed by atoms with Crippen molar-refractivity contribution in [1.82, 2.24) is 5.32 Å². The number of carbonyl (C=O) groups is 1. The first kappa shape index (κ1) is 24.1. The van der Waals surface area contributed by atoms with Gasteiger partial charge in [0.1, 0.15) is 18.0 Å². The van der Waals surface area contributed by atoms with E-state index in [0.717, 1.165) is 28.5 Å². The van der Waals surface area contributed by atoms with Gasteiger partial charge in [-0.05, 0) is 66.9 Å². The highest BCUT2D eigenvalue weighted by atomic mass is 32.2. The number of hydrogen-bond donors (Lipinski definition) is 1. The maximum absolute atomic E-state index is 13.3. The molecule has 8 heteroatoms. The van der Waals surface area contributed by atoms with Gasteiger partial charge in [-0.15, -0.1) is 0 Å². The molecule has 7 nitrogen and oxygen atoms in total. The molecule has 0 atom stereocenters. The Morgan fingerprint density at radius 1 is 0.848 bits per heavy atom. The molecule has 0 spiro atoms. The minimum absolute atomic E-state index is 0.0828. The number of amides is 1. The lowest BCUT2D eigenvalue weighted by Gasteiger charge is -2.24.